The van der Waals surface area contributed by atoms with Gasteiger partial charge in [0.1, 0.15) is 0 Å². The van der Waals surface area contributed by atoms with Gasteiger partial charge in [-0.1, -0.05) is 12.2 Å². The number of carbonyl (C=O) groups is 2. The van der Waals surface area contributed by atoms with Crippen molar-refractivity contribution in [3.63, 3.8) is 0 Å². The van der Waals surface area contributed by atoms with Crippen molar-refractivity contribution in [1.29, 1.82) is 0 Å². The van der Waals surface area contributed by atoms with Gasteiger partial charge in [-0.15, -0.1) is 0 Å². The molecule has 2 aromatic heterocycles. The van der Waals surface area contributed by atoms with E-state index in [1.54, 1.807) is 0 Å². The van der Waals surface area contributed by atoms with Crippen LogP contribution >= 0.6 is 0 Å². The SMILES string of the molecule is O=Cc1ccc(C2=CC3=CC(c4ccc(C=O)[nH]4)CCC3CC2)[nH]1. The predicted molar refractivity (Wildman–Crippen MR) is 93.1 cm³/mol. The van der Waals surface area contributed by atoms with Crippen LogP contribution in [-0.2, 0) is 0 Å². The highest BCUT2D eigenvalue weighted by molar-refractivity contribution is 5.76. The average molecular weight is 320 g/mol. The van der Waals surface area contributed by atoms with Gasteiger partial charge < -0.3 is 9.97 Å². The summed E-state index contributed by atoms with van der Waals surface area (Å²) in [7, 11) is 0. The van der Waals surface area contributed by atoms with Crippen LogP contribution in [-0.4, -0.2) is 22.5 Å². The van der Waals surface area contributed by atoms with E-state index in [0.29, 0.717) is 23.2 Å². The van der Waals surface area contributed by atoms with Crippen LogP contribution < -0.4 is 0 Å². The Bertz CT molecular complexity index is 837. The van der Waals surface area contributed by atoms with Gasteiger partial charge in [0.2, 0.25) is 0 Å². The van der Waals surface area contributed by atoms with Crippen LogP contribution in [0.1, 0.15) is 64.0 Å². The predicted octanol–water partition coefficient (Wildman–Crippen LogP) is 4.27. The third-order valence-corrected chi connectivity index (χ3v) is 5.23. The zero-order valence-corrected chi connectivity index (χ0v) is 13.4. The number of aromatic nitrogens is 2. The van der Waals surface area contributed by atoms with Crippen LogP contribution in [0.5, 0.6) is 0 Å². The molecule has 2 aliphatic rings. The molecule has 2 atom stereocenters. The summed E-state index contributed by atoms with van der Waals surface area (Å²) in [5.74, 6) is 0.973. The lowest BCUT2D eigenvalue weighted by atomic mass is 9.74. The first kappa shape index (κ1) is 14.9. The van der Waals surface area contributed by atoms with Gasteiger partial charge in [-0.2, -0.15) is 0 Å². The lowest BCUT2D eigenvalue weighted by molar-refractivity contribution is 0.111. The molecule has 122 valence electrons. The van der Waals surface area contributed by atoms with Gasteiger partial charge in [-0.25, -0.2) is 0 Å². The van der Waals surface area contributed by atoms with Crippen molar-refractivity contribution in [1.82, 2.24) is 9.97 Å². The molecule has 0 saturated heterocycles. The highest BCUT2D eigenvalue weighted by Gasteiger charge is 2.27. The normalized spacial score (nSPS) is 23.2. The van der Waals surface area contributed by atoms with Crippen molar-refractivity contribution >= 4 is 18.1 Å². The van der Waals surface area contributed by atoms with E-state index in [0.717, 1.165) is 43.2 Å². The summed E-state index contributed by atoms with van der Waals surface area (Å²) in [5.41, 5.74) is 6.08. The van der Waals surface area contributed by atoms with Gasteiger partial charge in [0.05, 0.1) is 11.4 Å². The molecule has 24 heavy (non-hydrogen) atoms. The fraction of sp³-hybridized carbons (Fsp3) is 0.300. The van der Waals surface area contributed by atoms with Crippen LogP contribution in [0.4, 0.5) is 0 Å². The fourth-order valence-electron chi connectivity index (χ4n) is 3.92. The molecule has 4 nitrogen and oxygen atoms in total. The molecule has 2 aromatic rings. The molecule has 0 saturated carbocycles. The topological polar surface area (TPSA) is 65.7 Å². The van der Waals surface area contributed by atoms with Crippen LogP contribution in [0.15, 0.2) is 42.0 Å². The Morgan fingerprint density at radius 2 is 1.71 bits per heavy atom. The summed E-state index contributed by atoms with van der Waals surface area (Å²) in [5, 5.41) is 0. The van der Waals surface area contributed by atoms with Crippen molar-refractivity contribution in [3.8, 4) is 0 Å². The smallest absolute Gasteiger partial charge is 0.166 e. The van der Waals surface area contributed by atoms with Gasteiger partial charge in [-0.05, 0) is 67.0 Å². The van der Waals surface area contributed by atoms with Crippen LogP contribution in [0.2, 0.25) is 0 Å². The zero-order valence-electron chi connectivity index (χ0n) is 13.4. The summed E-state index contributed by atoms with van der Waals surface area (Å²) in [6.07, 6.45) is 10.8. The van der Waals surface area contributed by atoms with E-state index in [1.165, 1.54) is 17.6 Å². The second-order valence-corrected chi connectivity index (χ2v) is 6.69. The Hall–Kier alpha value is -2.62. The van der Waals surface area contributed by atoms with Crippen molar-refractivity contribution in [2.45, 2.75) is 31.6 Å². The minimum absolute atomic E-state index is 0.342. The molecule has 4 rings (SSSR count). The van der Waals surface area contributed by atoms with Gasteiger partial charge in [0.15, 0.2) is 12.6 Å². The standard InChI is InChI=1S/C20H20N2O2/c23-11-17-5-7-19(21-17)14-3-1-13-2-4-15(10-16(13)9-14)20-8-6-18(12-24)22-20/h5-14,21-22H,1-4H2. The number of fused-ring (bicyclic) bond motifs is 1. The van der Waals surface area contributed by atoms with Gasteiger partial charge in [0.25, 0.3) is 0 Å². The molecule has 4 heteroatoms. The second-order valence-electron chi connectivity index (χ2n) is 6.69. The molecular weight excluding hydrogens is 300 g/mol. The summed E-state index contributed by atoms with van der Waals surface area (Å²) >= 11 is 0. The summed E-state index contributed by atoms with van der Waals surface area (Å²) in [4.78, 5) is 28.1. The number of nitrogens with one attached hydrogen (secondary N) is 2. The maximum absolute atomic E-state index is 10.9. The number of aromatic amines is 2. The van der Waals surface area contributed by atoms with E-state index < -0.39 is 0 Å². The Morgan fingerprint density at radius 3 is 2.46 bits per heavy atom. The number of hydrogen-bond donors (Lipinski definition) is 2. The molecule has 2 unspecified atom stereocenters. The first-order chi connectivity index (χ1) is 11.8. The third-order valence-electron chi connectivity index (χ3n) is 5.23. The lowest BCUT2D eigenvalue weighted by Gasteiger charge is -2.31. The van der Waals surface area contributed by atoms with Crippen LogP contribution in [0, 0.1) is 5.92 Å². The van der Waals surface area contributed by atoms with Crippen molar-refractivity contribution in [2.24, 2.45) is 5.92 Å². The minimum Gasteiger partial charge on any atom is -0.356 e. The Morgan fingerprint density at radius 1 is 0.917 bits per heavy atom. The number of rotatable bonds is 4. The zero-order chi connectivity index (χ0) is 16.5. The molecule has 0 spiro atoms. The molecule has 2 N–H and O–H groups in total. The van der Waals surface area contributed by atoms with E-state index in [4.69, 9.17) is 0 Å². The first-order valence-corrected chi connectivity index (χ1v) is 8.48. The second kappa shape index (κ2) is 6.11. The van der Waals surface area contributed by atoms with E-state index >= 15 is 0 Å². The van der Waals surface area contributed by atoms with Gasteiger partial charge in [-0.3, -0.25) is 9.59 Å². The number of H-pyrrole nitrogens is 2. The molecule has 0 aliphatic heterocycles. The highest BCUT2D eigenvalue weighted by Crippen LogP contribution is 2.42. The largest absolute Gasteiger partial charge is 0.356 e. The quantitative estimate of drug-likeness (QED) is 0.826. The fourth-order valence-corrected chi connectivity index (χ4v) is 3.92. The molecule has 0 aromatic carbocycles. The molecule has 0 radical (unpaired) electrons. The maximum Gasteiger partial charge on any atom is 0.166 e. The summed E-state index contributed by atoms with van der Waals surface area (Å²) in [6.45, 7) is 0. The van der Waals surface area contributed by atoms with Crippen molar-refractivity contribution < 1.29 is 9.59 Å². The molecule has 2 aliphatic carbocycles. The van der Waals surface area contributed by atoms with Crippen molar-refractivity contribution in [2.75, 3.05) is 0 Å². The lowest BCUT2D eigenvalue weighted by Crippen LogP contribution is -2.16. The van der Waals surface area contributed by atoms with Crippen LogP contribution in [0.25, 0.3) is 5.57 Å². The van der Waals surface area contributed by atoms with E-state index in [2.05, 4.69) is 22.1 Å². The van der Waals surface area contributed by atoms with Gasteiger partial charge >= 0.3 is 0 Å². The summed E-state index contributed by atoms with van der Waals surface area (Å²) in [6, 6.07) is 7.67. The Kier molecular flexibility index (Phi) is 3.81. The minimum atomic E-state index is 0.342. The monoisotopic (exact) mass is 320 g/mol. The van der Waals surface area contributed by atoms with Crippen LogP contribution in [0.3, 0.4) is 0 Å². The maximum atomic E-state index is 10.9. The molecular formula is C20H20N2O2. The number of aldehydes is 2. The average Bonchev–Trinajstić information content (AvgIpc) is 3.30. The third kappa shape index (κ3) is 2.68. The molecule has 0 amide bonds. The number of hydrogen-bond acceptors (Lipinski definition) is 2. The van der Waals surface area contributed by atoms with E-state index in [-0.39, 0.29) is 0 Å². The molecule has 0 bridgehead atoms. The summed E-state index contributed by atoms with van der Waals surface area (Å²) < 4.78 is 0. The Balaban J connectivity index is 1.63. The highest BCUT2D eigenvalue weighted by atomic mass is 16.1. The van der Waals surface area contributed by atoms with Gasteiger partial charge in [0, 0.05) is 17.3 Å². The first-order valence-electron chi connectivity index (χ1n) is 8.48. The number of carbonyl (C=O) groups excluding carboxylic acids is 2. The Labute approximate surface area is 140 Å². The molecule has 0 fully saturated rings. The van der Waals surface area contributed by atoms with E-state index in [1.807, 2.05) is 24.3 Å². The van der Waals surface area contributed by atoms with E-state index in [9.17, 15) is 9.59 Å². The molecule has 2 heterocycles. The van der Waals surface area contributed by atoms with Crippen molar-refractivity contribution in [3.05, 3.63) is 64.8 Å². The number of allylic oxidation sites excluding steroid dienone is 4.